The number of likely N-dealkylation sites (N-methyl/N-ethyl adjacent to an activating group) is 1. The molecule has 0 amide bonds. The normalized spacial score (nSPS) is 15.2. The van der Waals surface area contributed by atoms with Crippen molar-refractivity contribution < 1.29 is 0 Å². The minimum Gasteiger partial charge on any atom is -0.374 e. The fraction of sp³-hybridized carbons (Fsp3) is 0.444. The Kier molecular flexibility index (Phi) is 4.61. The van der Waals surface area contributed by atoms with Crippen molar-refractivity contribution in [3.8, 4) is 0 Å². The molecule has 2 heterocycles. The molecule has 3 heteroatoms. The average Bonchev–Trinajstić information content (AvgIpc) is 3.14. The van der Waals surface area contributed by atoms with Gasteiger partial charge < -0.3 is 10.2 Å². The van der Waals surface area contributed by atoms with Crippen LogP contribution in [0.4, 0.5) is 5.69 Å². The molecule has 0 fully saturated rings. The van der Waals surface area contributed by atoms with Gasteiger partial charge in [-0.25, -0.2) is 0 Å². The summed E-state index contributed by atoms with van der Waals surface area (Å²) in [5.74, 6) is 0. The first-order valence-electron chi connectivity index (χ1n) is 7.87. The molecule has 3 rings (SSSR count). The molecule has 2 aromatic rings. The van der Waals surface area contributed by atoms with Crippen LogP contribution in [0.25, 0.3) is 0 Å². The Morgan fingerprint density at radius 1 is 1.33 bits per heavy atom. The summed E-state index contributed by atoms with van der Waals surface area (Å²) >= 11 is 1.86. The van der Waals surface area contributed by atoms with E-state index in [9.17, 15) is 0 Å². The Hall–Kier alpha value is -1.32. The Morgan fingerprint density at radius 2 is 2.24 bits per heavy atom. The number of fused-ring (bicyclic) bond motifs is 1. The van der Waals surface area contributed by atoms with Gasteiger partial charge in [-0.05, 0) is 41.5 Å². The summed E-state index contributed by atoms with van der Waals surface area (Å²) in [5, 5.41) is 5.91. The molecule has 1 N–H and O–H groups in total. The van der Waals surface area contributed by atoms with Crippen LogP contribution in [0.15, 0.2) is 35.7 Å². The fourth-order valence-corrected chi connectivity index (χ4v) is 3.93. The van der Waals surface area contributed by atoms with Crippen molar-refractivity contribution in [3.05, 3.63) is 51.7 Å². The summed E-state index contributed by atoms with van der Waals surface area (Å²) in [6, 6.07) is 11.8. The van der Waals surface area contributed by atoms with E-state index in [1.165, 1.54) is 41.0 Å². The molecular weight excluding hydrogens is 276 g/mol. The minimum atomic E-state index is 0.492. The molecule has 1 aromatic carbocycles. The molecule has 0 spiro atoms. The number of benzene rings is 1. The van der Waals surface area contributed by atoms with Crippen LogP contribution in [0, 0.1) is 0 Å². The Balaban J connectivity index is 1.66. The minimum absolute atomic E-state index is 0.492. The van der Waals surface area contributed by atoms with E-state index in [1.807, 2.05) is 11.3 Å². The highest BCUT2D eigenvalue weighted by atomic mass is 32.1. The topological polar surface area (TPSA) is 15.3 Å². The number of hydrogen-bond acceptors (Lipinski definition) is 3. The highest BCUT2D eigenvalue weighted by Gasteiger charge is 2.16. The quantitative estimate of drug-likeness (QED) is 0.852. The molecule has 1 atom stereocenters. The third kappa shape index (κ3) is 3.30. The third-order valence-electron chi connectivity index (χ3n) is 4.29. The van der Waals surface area contributed by atoms with Gasteiger partial charge in [-0.3, -0.25) is 0 Å². The van der Waals surface area contributed by atoms with Gasteiger partial charge in [0.1, 0.15) is 0 Å². The second-order valence-electron chi connectivity index (χ2n) is 5.87. The van der Waals surface area contributed by atoms with Crippen LogP contribution in [0.2, 0.25) is 0 Å². The Bertz CT molecular complexity index is 577. The highest BCUT2D eigenvalue weighted by Crippen LogP contribution is 2.28. The molecule has 1 aromatic heterocycles. The Labute approximate surface area is 131 Å². The molecular formula is C18H24N2S. The molecule has 0 saturated carbocycles. The molecule has 1 aliphatic rings. The van der Waals surface area contributed by atoms with E-state index in [-0.39, 0.29) is 0 Å². The highest BCUT2D eigenvalue weighted by molar-refractivity contribution is 7.10. The van der Waals surface area contributed by atoms with Gasteiger partial charge in [-0.1, -0.05) is 31.5 Å². The summed E-state index contributed by atoms with van der Waals surface area (Å²) in [6.45, 7) is 4.37. The van der Waals surface area contributed by atoms with Gasteiger partial charge in [-0.2, -0.15) is 0 Å². The van der Waals surface area contributed by atoms with E-state index in [4.69, 9.17) is 0 Å². The molecule has 112 valence electrons. The van der Waals surface area contributed by atoms with Crippen molar-refractivity contribution in [1.29, 1.82) is 0 Å². The maximum atomic E-state index is 3.74. The zero-order valence-electron chi connectivity index (χ0n) is 12.9. The zero-order valence-corrected chi connectivity index (χ0v) is 13.7. The van der Waals surface area contributed by atoms with Gasteiger partial charge in [0.2, 0.25) is 0 Å². The van der Waals surface area contributed by atoms with Crippen LogP contribution >= 0.6 is 11.3 Å². The molecule has 0 aliphatic carbocycles. The SMILES string of the molecule is CCCC(NCc1ccc2c(c1)CCN2C)c1cccs1. The fourth-order valence-electron chi connectivity index (χ4n) is 3.09. The van der Waals surface area contributed by atoms with E-state index >= 15 is 0 Å². The van der Waals surface area contributed by atoms with Crippen molar-refractivity contribution >= 4 is 17.0 Å². The number of anilines is 1. The first kappa shape index (κ1) is 14.6. The summed E-state index contributed by atoms with van der Waals surface area (Å²) in [6.07, 6.45) is 3.60. The van der Waals surface area contributed by atoms with Crippen LogP contribution in [0.5, 0.6) is 0 Å². The van der Waals surface area contributed by atoms with Gasteiger partial charge in [0.15, 0.2) is 0 Å². The molecule has 1 unspecified atom stereocenters. The van der Waals surface area contributed by atoms with Crippen molar-refractivity contribution in [2.75, 3.05) is 18.5 Å². The van der Waals surface area contributed by atoms with E-state index in [2.05, 4.69) is 59.9 Å². The smallest absolute Gasteiger partial charge is 0.0417 e. The first-order valence-corrected chi connectivity index (χ1v) is 8.75. The van der Waals surface area contributed by atoms with Crippen LogP contribution in [-0.4, -0.2) is 13.6 Å². The summed E-state index contributed by atoms with van der Waals surface area (Å²) < 4.78 is 0. The van der Waals surface area contributed by atoms with Crippen molar-refractivity contribution in [2.24, 2.45) is 0 Å². The molecule has 0 bridgehead atoms. The van der Waals surface area contributed by atoms with Gasteiger partial charge in [0, 0.05) is 36.7 Å². The third-order valence-corrected chi connectivity index (χ3v) is 5.27. The lowest BCUT2D eigenvalue weighted by Crippen LogP contribution is -2.20. The lowest BCUT2D eigenvalue weighted by atomic mass is 10.1. The average molecular weight is 300 g/mol. The summed E-state index contributed by atoms with van der Waals surface area (Å²) in [7, 11) is 2.18. The molecule has 0 saturated heterocycles. The molecule has 21 heavy (non-hydrogen) atoms. The first-order chi connectivity index (χ1) is 10.3. The maximum Gasteiger partial charge on any atom is 0.0417 e. The van der Waals surface area contributed by atoms with E-state index in [1.54, 1.807) is 0 Å². The Morgan fingerprint density at radius 3 is 3.00 bits per heavy atom. The predicted octanol–water partition coefficient (Wildman–Crippen LogP) is 4.37. The monoisotopic (exact) mass is 300 g/mol. The standard InChI is InChI=1S/C18H24N2S/c1-3-5-16(18-6-4-11-21-18)19-13-14-7-8-17-15(12-14)9-10-20(17)2/h4,6-8,11-12,16,19H,3,5,9-10,13H2,1-2H3. The largest absolute Gasteiger partial charge is 0.374 e. The summed E-state index contributed by atoms with van der Waals surface area (Å²) in [4.78, 5) is 3.80. The molecule has 1 aliphatic heterocycles. The van der Waals surface area contributed by atoms with E-state index < -0.39 is 0 Å². The van der Waals surface area contributed by atoms with Gasteiger partial charge in [0.05, 0.1) is 0 Å². The maximum absolute atomic E-state index is 3.74. The van der Waals surface area contributed by atoms with E-state index in [0.717, 1.165) is 13.1 Å². The van der Waals surface area contributed by atoms with Crippen LogP contribution in [0.1, 0.15) is 41.8 Å². The predicted molar refractivity (Wildman–Crippen MR) is 92.2 cm³/mol. The van der Waals surface area contributed by atoms with Gasteiger partial charge in [0.25, 0.3) is 0 Å². The van der Waals surface area contributed by atoms with Gasteiger partial charge in [-0.15, -0.1) is 11.3 Å². The molecule has 0 radical (unpaired) electrons. The molecule has 2 nitrogen and oxygen atoms in total. The second-order valence-corrected chi connectivity index (χ2v) is 6.85. The number of nitrogens with one attached hydrogen (secondary N) is 1. The lowest BCUT2D eigenvalue weighted by molar-refractivity contribution is 0.500. The van der Waals surface area contributed by atoms with Crippen molar-refractivity contribution in [1.82, 2.24) is 5.32 Å². The number of hydrogen-bond donors (Lipinski definition) is 1. The zero-order chi connectivity index (χ0) is 14.7. The number of nitrogens with zero attached hydrogens (tertiary/aromatic N) is 1. The summed E-state index contributed by atoms with van der Waals surface area (Å²) in [5.41, 5.74) is 4.31. The van der Waals surface area contributed by atoms with E-state index in [0.29, 0.717) is 6.04 Å². The lowest BCUT2D eigenvalue weighted by Gasteiger charge is -2.17. The van der Waals surface area contributed by atoms with Gasteiger partial charge >= 0.3 is 0 Å². The van der Waals surface area contributed by atoms with Crippen LogP contribution in [0.3, 0.4) is 0 Å². The van der Waals surface area contributed by atoms with Crippen molar-refractivity contribution in [3.63, 3.8) is 0 Å². The van der Waals surface area contributed by atoms with Crippen LogP contribution in [-0.2, 0) is 13.0 Å². The number of thiophene rings is 1. The van der Waals surface area contributed by atoms with Crippen molar-refractivity contribution in [2.45, 2.75) is 38.8 Å². The van der Waals surface area contributed by atoms with Crippen LogP contribution < -0.4 is 10.2 Å². The second kappa shape index (κ2) is 6.63. The number of rotatable bonds is 6.